The zero-order chi connectivity index (χ0) is 35.3. The van der Waals surface area contributed by atoms with Gasteiger partial charge in [-0.15, -0.1) is 0 Å². The van der Waals surface area contributed by atoms with Crippen molar-refractivity contribution in [2.24, 2.45) is 0 Å². The zero-order valence-corrected chi connectivity index (χ0v) is 31.7. The van der Waals surface area contributed by atoms with Crippen molar-refractivity contribution in [1.82, 2.24) is 5.32 Å². The smallest absolute Gasteiger partial charge is 0.249 e. The first-order valence-electron chi connectivity index (χ1n) is 20.7. The average Bonchev–Trinajstić information content (AvgIpc) is 3.09. The first-order chi connectivity index (χ1) is 23.5. The molecule has 6 nitrogen and oxygen atoms in total. The van der Waals surface area contributed by atoms with Crippen LogP contribution < -0.4 is 5.32 Å². The zero-order valence-electron chi connectivity index (χ0n) is 31.7. The summed E-state index contributed by atoms with van der Waals surface area (Å²) in [5.41, 5.74) is 0. The van der Waals surface area contributed by atoms with Gasteiger partial charge in [-0.25, -0.2) is 0 Å². The van der Waals surface area contributed by atoms with Crippen LogP contribution >= 0.6 is 0 Å². The van der Waals surface area contributed by atoms with Gasteiger partial charge in [-0.2, -0.15) is 0 Å². The molecule has 4 atom stereocenters. The number of aliphatic hydroxyl groups is 4. The maximum absolute atomic E-state index is 12.4. The molecule has 0 aromatic rings. The average molecular weight is 680 g/mol. The molecule has 1 amide bonds. The molecular formula is C42H81NO5. The molecule has 6 heteroatoms. The van der Waals surface area contributed by atoms with Crippen LogP contribution in [0.25, 0.3) is 0 Å². The lowest BCUT2D eigenvalue weighted by Crippen LogP contribution is -2.53. The largest absolute Gasteiger partial charge is 0.394 e. The summed E-state index contributed by atoms with van der Waals surface area (Å²) >= 11 is 0. The number of rotatable bonds is 37. The van der Waals surface area contributed by atoms with Crippen LogP contribution in [0, 0.1) is 0 Å². The molecule has 0 aliphatic rings. The van der Waals surface area contributed by atoms with Gasteiger partial charge in [-0.1, -0.05) is 179 Å². The van der Waals surface area contributed by atoms with Crippen molar-refractivity contribution < 1.29 is 25.2 Å². The fraction of sp³-hybridized carbons (Fsp3) is 0.881. The Labute approximate surface area is 297 Å². The minimum atomic E-state index is -1.28. The van der Waals surface area contributed by atoms with Crippen molar-refractivity contribution in [3.63, 3.8) is 0 Å². The van der Waals surface area contributed by atoms with E-state index in [1.807, 2.05) is 0 Å². The molecule has 0 spiro atoms. The Morgan fingerprint density at radius 3 is 1.31 bits per heavy atom. The van der Waals surface area contributed by atoms with Crippen LogP contribution in [0.2, 0.25) is 0 Å². The molecule has 5 N–H and O–H groups in total. The van der Waals surface area contributed by atoms with Gasteiger partial charge < -0.3 is 25.7 Å². The Morgan fingerprint density at radius 2 is 0.875 bits per heavy atom. The molecule has 284 valence electrons. The van der Waals surface area contributed by atoms with Gasteiger partial charge in [0.2, 0.25) is 5.91 Å². The van der Waals surface area contributed by atoms with Crippen LogP contribution in [0.3, 0.4) is 0 Å². The van der Waals surface area contributed by atoms with E-state index in [9.17, 15) is 25.2 Å². The number of hydrogen-bond donors (Lipinski definition) is 5. The summed E-state index contributed by atoms with van der Waals surface area (Å²) in [5.74, 6) is -0.599. The van der Waals surface area contributed by atoms with E-state index >= 15 is 0 Å². The van der Waals surface area contributed by atoms with E-state index in [2.05, 4.69) is 43.5 Å². The van der Waals surface area contributed by atoms with Gasteiger partial charge in [0.25, 0.3) is 0 Å². The maximum Gasteiger partial charge on any atom is 0.249 e. The highest BCUT2D eigenvalue weighted by atomic mass is 16.3. The van der Waals surface area contributed by atoms with E-state index < -0.39 is 36.9 Å². The fourth-order valence-corrected chi connectivity index (χ4v) is 6.30. The summed E-state index contributed by atoms with van der Waals surface area (Å²) in [6.07, 6.45) is 40.7. The Hall–Kier alpha value is -1.21. The molecule has 0 aliphatic carbocycles. The molecule has 0 radical (unpaired) electrons. The molecule has 0 heterocycles. The highest BCUT2D eigenvalue weighted by molar-refractivity contribution is 5.80. The number of allylic oxidation sites excluding steroid dienone is 4. The van der Waals surface area contributed by atoms with Crippen LogP contribution in [0.4, 0.5) is 0 Å². The molecule has 0 aromatic heterocycles. The van der Waals surface area contributed by atoms with Gasteiger partial charge in [0.1, 0.15) is 12.2 Å². The summed E-state index contributed by atoms with van der Waals surface area (Å²) in [4.78, 5) is 12.4. The van der Waals surface area contributed by atoms with Gasteiger partial charge in [-0.3, -0.25) is 4.79 Å². The number of carbonyl (C=O) groups is 1. The number of amides is 1. The van der Waals surface area contributed by atoms with Gasteiger partial charge in [0.15, 0.2) is 0 Å². The molecule has 4 unspecified atom stereocenters. The van der Waals surface area contributed by atoms with E-state index in [0.29, 0.717) is 19.3 Å². The van der Waals surface area contributed by atoms with E-state index in [-0.39, 0.29) is 0 Å². The van der Waals surface area contributed by atoms with Crippen molar-refractivity contribution in [3.05, 3.63) is 24.3 Å². The van der Waals surface area contributed by atoms with Crippen LogP contribution in [-0.4, -0.2) is 57.3 Å². The SMILES string of the molecule is CCCCCCCCCCCCCC/C=C/CC/C=C/CCCC(O)C(O)C(CO)NC(=O)C(O)CCCCCCCCCCCCC. The van der Waals surface area contributed by atoms with Gasteiger partial charge in [0, 0.05) is 0 Å². The summed E-state index contributed by atoms with van der Waals surface area (Å²) < 4.78 is 0. The van der Waals surface area contributed by atoms with Crippen molar-refractivity contribution in [3.8, 4) is 0 Å². The number of aliphatic hydroxyl groups excluding tert-OH is 4. The minimum Gasteiger partial charge on any atom is -0.394 e. The summed E-state index contributed by atoms with van der Waals surface area (Å²) in [6, 6.07) is -1.00. The van der Waals surface area contributed by atoms with Crippen LogP contribution in [0.15, 0.2) is 24.3 Å². The standard InChI is InChI=1S/C42H81NO5/c1-3-5-7-9-11-13-15-16-17-18-19-20-21-22-23-24-26-27-29-31-33-35-39(45)41(47)38(37-44)43-42(48)40(46)36-34-32-30-28-25-14-12-10-8-6-4-2/h22-23,27,29,38-41,44-47H,3-21,24-26,28,30-37H2,1-2H3,(H,43,48)/b23-22+,29-27+. The maximum atomic E-state index is 12.4. The van der Waals surface area contributed by atoms with Crippen molar-refractivity contribution in [1.29, 1.82) is 0 Å². The first kappa shape index (κ1) is 46.8. The van der Waals surface area contributed by atoms with E-state index in [1.165, 1.54) is 135 Å². The summed E-state index contributed by atoms with van der Waals surface area (Å²) in [7, 11) is 0. The molecule has 0 saturated carbocycles. The van der Waals surface area contributed by atoms with Crippen LogP contribution in [0.5, 0.6) is 0 Å². The molecule has 0 rings (SSSR count). The van der Waals surface area contributed by atoms with E-state index in [1.54, 1.807) is 0 Å². The highest BCUT2D eigenvalue weighted by Crippen LogP contribution is 2.15. The van der Waals surface area contributed by atoms with Crippen molar-refractivity contribution in [2.75, 3.05) is 6.61 Å². The number of unbranched alkanes of at least 4 members (excludes halogenated alkanes) is 24. The lowest BCUT2D eigenvalue weighted by atomic mass is 10.00. The molecule has 0 fully saturated rings. The Kier molecular flexibility index (Phi) is 36.1. The Morgan fingerprint density at radius 1 is 0.500 bits per heavy atom. The lowest BCUT2D eigenvalue weighted by Gasteiger charge is -2.27. The molecule has 0 saturated heterocycles. The van der Waals surface area contributed by atoms with Crippen molar-refractivity contribution in [2.45, 2.75) is 231 Å². The summed E-state index contributed by atoms with van der Waals surface area (Å²) in [5, 5.41) is 43.5. The third kappa shape index (κ3) is 30.8. The Balaban J connectivity index is 3.80. The number of carbonyl (C=O) groups excluding carboxylic acids is 1. The van der Waals surface area contributed by atoms with Gasteiger partial charge in [0.05, 0.1) is 18.8 Å². The molecule has 0 aromatic carbocycles. The second kappa shape index (κ2) is 37.1. The highest BCUT2D eigenvalue weighted by Gasteiger charge is 2.28. The summed E-state index contributed by atoms with van der Waals surface area (Å²) in [6.45, 7) is 4.01. The second-order valence-corrected chi connectivity index (χ2v) is 14.3. The molecule has 48 heavy (non-hydrogen) atoms. The van der Waals surface area contributed by atoms with Crippen LogP contribution in [-0.2, 0) is 4.79 Å². The minimum absolute atomic E-state index is 0.362. The molecular weight excluding hydrogens is 598 g/mol. The normalized spacial score (nSPS) is 14.5. The predicted octanol–water partition coefficient (Wildman–Crippen LogP) is 10.4. The van der Waals surface area contributed by atoms with Crippen molar-refractivity contribution >= 4 is 5.91 Å². The number of hydrogen-bond acceptors (Lipinski definition) is 5. The quantitative estimate of drug-likeness (QED) is 0.0332. The van der Waals surface area contributed by atoms with Gasteiger partial charge >= 0.3 is 0 Å². The topological polar surface area (TPSA) is 110 Å². The Bertz CT molecular complexity index is 727. The van der Waals surface area contributed by atoms with Gasteiger partial charge in [-0.05, 0) is 51.4 Å². The predicted molar refractivity (Wildman–Crippen MR) is 205 cm³/mol. The van der Waals surface area contributed by atoms with E-state index in [0.717, 1.165) is 38.5 Å². The third-order valence-corrected chi connectivity index (χ3v) is 9.64. The lowest BCUT2D eigenvalue weighted by molar-refractivity contribution is -0.132. The molecule has 0 aliphatic heterocycles. The second-order valence-electron chi connectivity index (χ2n) is 14.3. The van der Waals surface area contributed by atoms with Crippen LogP contribution in [0.1, 0.15) is 206 Å². The number of nitrogens with one attached hydrogen (secondary N) is 1. The first-order valence-corrected chi connectivity index (χ1v) is 20.7. The third-order valence-electron chi connectivity index (χ3n) is 9.64. The fourth-order valence-electron chi connectivity index (χ4n) is 6.30. The van der Waals surface area contributed by atoms with E-state index in [4.69, 9.17) is 0 Å². The molecule has 0 bridgehead atoms. The monoisotopic (exact) mass is 680 g/mol.